The molecule has 0 saturated carbocycles. The highest BCUT2D eigenvalue weighted by molar-refractivity contribution is 4.79. The number of hydrogen-bond donors (Lipinski definition) is 1. The fourth-order valence-electron chi connectivity index (χ4n) is 1.91. The first-order chi connectivity index (χ1) is 7.00. The van der Waals surface area contributed by atoms with Crippen LogP contribution in [0, 0.1) is 11.3 Å². The van der Waals surface area contributed by atoms with Crippen LogP contribution in [0.3, 0.4) is 0 Å². The Hall–Kier alpha value is -0.0400. The summed E-state index contributed by atoms with van der Waals surface area (Å²) in [4.78, 5) is 0. The maximum atomic E-state index is 3.62. The minimum absolute atomic E-state index is 0.471. The van der Waals surface area contributed by atoms with E-state index >= 15 is 0 Å². The van der Waals surface area contributed by atoms with Crippen LogP contribution in [0.2, 0.25) is 0 Å². The summed E-state index contributed by atoms with van der Waals surface area (Å²) < 4.78 is 0. The highest BCUT2D eigenvalue weighted by atomic mass is 14.9. The molecule has 0 spiro atoms. The van der Waals surface area contributed by atoms with Crippen LogP contribution in [0.5, 0.6) is 0 Å². The normalized spacial score (nSPS) is 24.0. The van der Waals surface area contributed by atoms with Gasteiger partial charge in [-0.25, -0.2) is 0 Å². The third-order valence-corrected chi connectivity index (χ3v) is 3.53. The zero-order chi connectivity index (χ0) is 11.9. The molecule has 0 aromatic heterocycles. The van der Waals surface area contributed by atoms with Gasteiger partial charge >= 0.3 is 0 Å². The first-order valence-electron chi connectivity index (χ1n) is 6.73. The molecule has 0 aromatic rings. The summed E-state index contributed by atoms with van der Waals surface area (Å²) in [7, 11) is 0. The molecule has 1 N–H and O–H groups in total. The summed E-state index contributed by atoms with van der Waals surface area (Å²) in [5.41, 5.74) is 0.471. The molecule has 1 aliphatic heterocycles. The smallest absolute Gasteiger partial charge is 0.00698 e. The van der Waals surface area contributed by atoms with Gasteiger partial charge in [0.05, 0.1) is 0 Å². The van der Waals surface area contributed by atoms with Crippen LogP contribution >= 0.6 is 0 Å². The van der Waals surface area contributed by atoms with Crippen LogP contribution in [0.4, 0.5) is 0 Å². The van der Waals surface area contributed by atoms with E-state index in [4.69, 9.17) is 0 Å². The average molecular weight is 213 g/mol. The summed E-state index contributed by atoms with van der Waals surface area (Å²) in [6.45, 7) is 14.7. The van der Waals surface area contributed by atoms with Crippen LogP contribution in [0.25, 0.3) is 0 Å². The van der Waals surface area contributed by atoms with E-state index in [9.17, 15) is 0 Å². The molecule has 1 heterocycles. The van der Waals surface area contributed by atoms with E-state index in [2.05, 4.69) is 33.0 Å². The van der Waals surface area contributed by atoms with E-state index in [1.54, 1.807) is 0 Å². The van der Waals surface area contributed by atoms with Gasteiger partial charge in [-0.3, -0.25) is 0 Å². The van der Waals surface area contributed by atoms with Gasteiger partial charge in [0.15, 0.2) is 0 Å². The van der Waals surface area contributed by atoms with Crippen molar-refractivity contribution in [3.05, 3.63) is 0 Å². The molecule has 0 radical (unpaired) electrons. The monoisotopic (exact) mass is 213 g/mol. The van der Waals surface area contributed by atoms with Crippen LogP contribution in [0.1, 0.15) is 67.2 Å². The number of piperidine rings is 1. The third-order valence-electron chi connectivity index (χ3n) is 3.53. The highest BCUT2D eigenvalue weighted by Gasteiger charge is 2.24. The lowest BCUT2D eigenvalue weighted by molar-refractivity contribution is 0.210. The Labute approximate surface area is 97.0 Å². The van der Waals surface area contributed by atoms with E-state index in [0.29, 0.717) is 5.41 Å². The largest absolute Gasteiger partial charge is 0.314 e. The molecule has 1 nitrogen and oxygen atoms in total. The zero-order valence-corrected chi connectivity index (χ0v) is 11.7. The summed E-state index contributed by atoms with van der Waals surface area (Å²) in [6.07, 6.45) is 5.54. The van der Waals surface area contributed by atoms with Crippen molar-refractivity contribution in [2.24, 2.45) is 11.3 Å². The lowest BCUT2D eigenvalue weighted by Crippen LogP contribution is -2.37. The Morgan fingerprint density at radius 3 is 2.20 bits per heavy atom. The molecule has 0 aromatic carbocycles. The minimum atomic E-state index is 0.471. The molecule has 1 rings (SSSR count). The van der Waals surface area contributed by atoms with Crippen LogP contribution in [-0.2, 0) is 0 Å². The fourth-order valence-corrected chi connectivity index (χ4v) is 1.91. The topological polar surface area (TPSA) is 12.0 Å². The van der Waals surface area contributed by atoms with Crippen molar-refractivity contribution in [1.29, 1.82) is 0 Å². The van der Waals surface area contributed by atoms with Crippen molar-refractivity contribution in [3.8, 4) is 0 Å². The van der Waals surface area contributed by atoms with Gasteiger partial charge in [-0.15, -0.1) is 0 Å². The summed E-state index contributed by atoms with van der Waals surface area (Å²) >= 11 is 0. The molecule has 92 valence electrons. The SMILES string of the molecule is CC.CC(CC1CCCCN1)C(C)(C)C. The lowest BCUT2D eigenvalue weighted by Gasteiger charge is -2.33. The first kappa shape index (κ1) is 15.0. The third kappa shape index (κ3) is 6.19. The predicted molar refractivity (Wildman–Crippen MR) is 70.2 cm³/mol. The van der Waals surface area contributed by atoms with Crippen molar-refractivity contribution >= 4 is 0 Å². The van der Waals surface area contributed by atoms with Gasteiger partial charge in [-0.05, 0) is 37.1 Å². The standard InChI is InChI=1S/C12H25N.C2H6/c1-10(12(2,3)4)9-11-7-5-6-8-13-11;1-2/h10-11,13H,5-9H2,1-4H3;1-2H3. The number of rotatable bonds is 2. The van der Waals surface area contributed by atoms with Crippen molar-refractivity contribution in [3.63, 3.8) is 0 Å². The Balaban J connectivity index is 0.000000921. The second-order valence-electron chi connectivity index (χ2n) is 5.65. The maximum absolute atomic E-state index is 3.62. The molecule has 1 aliphatic rings. The Kier molecular flexibility index (Phi) is 7.25. The van der Waals surface area contributed by atoms with Gasteiger partial charge in [0.2, 0.25) is 0 Å². The van der Waals surface area contributed by atoms with Crippen molar-refractivity contribution < 1.29 is 0 Å². The van der Waals surface area contributed by atoms with Gasteiger partial charge < -0.3 is 5.32 Å². The molecular weight excluding hydrogens is 182 g/mol. The molecular formula is C14H31N. The fraction of sp³-hybridized carbons (Fsp3) is 1.00. The minimum Gasteiger partial charge on any atom is -0.314 e. The van der Waals surface area contributed by atoms with Gasteiger partial charge in [0.1, 0.15) is 0 Å². The number of hydrogen-bond acceptors (Lipinski definition) is 1. The summed E-state index contributed by atoms with van der Waals surface area (Å²) in [5.74, 6) is 0.822. The molecule has 15 heavy (non-hydrogen) atoms. The summed E-state index contributed by atoms with van der Waals surface area (Å²) in [6, 6.07) is 0.794. The van der Waals surface area contributed by atoms with E-state index in [-0.39, 0.29) is 0 Å². The average Bonchev–Trinajstić information content (AvgIpc) is 2.21. The van der Waals surface area contributed by atoms with E-state index in [1.165, 1.54) is 32.2 Å². The van der Waals surface area contributed by atoms with Gasteiger partial charge in [0, 0.05) is 6.04 Å². The molecule has 1 heteroatoms. The van der Waals surface area contributed by atoms with Crippen LogP contribution < -0.4 is 5.32 Å². The Morgan fingerprint density at radius 2 is 1.80 bits per heavy atom. The van der Waals surface area contributed by atoms with Crippen molar-refractivity contribution in [2.75, 3.05) is 6.54 Å². The quantitative estimate of drug-likeness (QED) is 0.724. The molecule has 0 bridgehead atoms. The molecule has 1 fully saturated rings. The zero-order valence-electron chi connectivity index (χ0n) is 11.7. The second-order valence-corrected chi connectivity index (χ2v) is 5.65. The molecule has 1 saturated heterocycles. The number of nitrogens with one attached hydrogen (secondary N) is 1. The van der Waals surface area contributed by atoms with Gasteiger partial charge in [-0.1, -0.05) is 48.0 Å². The van der Waals surface area contributed by atoms with Gasteiger partial charge in [0.25, 0.3) is 0 Å². The van der Waals surface area contributed by atoms with E-state index in [0.717, 1.165) is 12.0 Å². The summed E-state index contributed by atoms with van der Waals surface area (Å²) in [5, 5.41) is 3.62. The molecule has 0 amide bonds. The predicted octanol–water partition coefficient (Wildman–Crippen LogP) is 4.23. The second kappa shape index (κ2) is 7.27. The van der Waals surface area contributed by atoms with Crippen LogP contribution in [-0.4, -0.2) is 12.6 Å². The highest BCUT2D eigenvalue weighted by Crippen LogP contribution is 2.30. The van der Waals surface area contributed by atoms with Crippen molar-refractivity contribution in [2.45, 2.75) is 73.3 Å². The Bertz CT molecular complexity index is 140. The van der Waals surface area contributed by atoms with Crippen molar-refractivity contribution in [1.82, 2.24) is 5.32 Å². The molecule has 0 aliphatic carbocycles. The van der Waals surface area contributed by atoms with E-state index < -0.39 is 0 Å². The maximum Gasteiger partial charge on any atom is 0.00698 e. The molecule has 2 unspecified atom stereocenters. The first-order valence-corrected chi connectivity index (χ1v) is 6.73. The Morgan fingerprint density at radius 1 is 1.20 bits per heavy atom. The molecule has 2 atom stereocenters. The lowest BCUT2D eigenvalue weighted by atomic mass is 9.77. The van der Waals surface area contributed by atoms with E-state index in [1.807, 2.05) is 13.8 Å². The van der Waals surface area contributed by atoms with Crippen LogP contribution in [0.15, 0.2) is 0 Å². The van der Waals surface area contributed by atoms with Gasteiger partial charge in [-0.2, -0.15) is 0 Å².